The summed E-state index contributed by atoms with van der Waals surface area (Å²) in [6.45, 7) is 5.41. The molecule has 0 spiro atoms. The predicted octanol–water partition coefficient (Wildman–Crippen LogP) is 3.95. The summed E-state index contributed by atoms with van der Waals surface area (Å²) in [5.41, 5.74) is 2.37. The standard InChI is InChI=1S/C18H25N5/c1-3-14-9-5-6-11-16(14)20-17-13-19-22-18(21-17)23-12-8-7-10-15(23)4-2/h5-6,9,11,13,15H,3-4,7-8,10,12H2,1-2H3,(H,20,21,22). The number of nitrogens with zero attached hydrogens (tertiary/aromatic N) is 4. The van der Waals surface area contributed by atoms with E-state index in [1.54, 1.807) is 6.20 Å². The van der Waals surface area contributed by atoms with Gasteiger partial charge in [0.1, 0.15) is 0 Å². The molecule has 2 aromatic rings. The Morgan fingerprint density at radius 3 is 2.91 bits per heavy atom. The van der Waals surface area contributed by atoms with E-state index in [9.17, 15) is 0 Å². The van der Waals surface area contributed by atoms with Gasteiger partial charge in [0.25, 0.3) is 0 Å². The number of aromatic nitrogens is 3. The van der Waals surface area contributed by atoms with Crippen LogP contribution >= 0.6 is 0 Å². The Morgan fingerprint density at radius 2 is 2.09 bits per heavy atom. The number of aryl methyl sites for hydroxylation is 1. The van der Waals surface area contributed by atoms with E-state index in [1.165, 1.54) is 24.8 Å². The average Bonchev–Trinajstić information content (AvgIpc) is 2.62. The number of nitrogens with one attached hydrogen (secondary N) is 1. The third kappa shape index (κ3) is 3.60. The monoisotopic (exact) mass is 311 g/mol. The molecule has 5 nitrogen and oxygen atoms in total. The van der Waals surface area contributed by atoms with E-state index in [4.69, 9.17) is 4.98 Å². The third-order valence-corrected chi connectivity index (χ3v) is 4.56. The Kier molecular flexibility index (Phi) is 5.05. The van der Waals surface area contributed by atoms with E-state index in [2.05, 4.69) is 52.5 Å². The fraction of sp³-hybridized carbons (Fsp3) is 0.500. The van der Waals surface area contributed by atoms with Crippen molar-refractivity contribution in [3.05, 3.63) is 36.0 Å². The molecule has 0 saturated carbocycles. The number of anilines is 3. The second-order valence-corrected chi connectivity index (χ2v) is 6.03. The molecule has 0 radical (unpaired) electrons. The molecule has 1 N–H and O–H groups in total. The highest BCUT2D eigenvalue weighted by Gasteiger charge is 2.23. The van der Waals surface area contributed by atoms with Crippen LogP contribution in [0.1, 0.15) is 45.1 Å². The molecule has 122 valence electrons. The smallest absolute Gasteiger partial charge is 0.247 e. The van der Waals surface area contributed by atoms with Crippen molar-refractivity contribution in [1.29, 1.82) is 0 Å². The van der Waals surface area contributed by atoms with E-state index in [-0.39, 0.29) is 0 Å². The van der Waals surface area contributed by atoms with Crippen molar-refractivity contribution < 1.29 is 0 Å². The van der Waals surface area contributed by atoms with E-state index < -0.39 is 0 Å². The SMILES string of the molecule is CCc1ccccc1Nc1cnnc(N2CCCCC2CC)n1. The van der Waals surface area contributed by atoms with E-state index in [0.29, 0.717) is 6.04 Å². The number of rotatable bonds is 5. The van der Waals surface area contributed by atoms with Crippen LogP contribution in [0.15, 0.2) is 30.5 Å². The third-order valence-electron chi connectivity index (χ3n) is 4.56. The second kappa shape index (κ2) is 7.40. The molecule has 1 saturated heterocycles. The summed E-state index contributed by atoms with van der Waals surface area (Å²) in [5.74, 6) is 1.51. The summed E-state index contributed by atoms with van der Waals surface area (Å²) < 4.78 is 0. The molecular weight excluding hydrogens is 286 g/mol. The predicted molar refractivity (Wildman–Crippen MR) is 94.2 cm³/mol. The van der Waals surface area contributed by atoms with Crippen molar-refractivity contribution in [2.75, 3.05) is 16.8 Å². The Labute approximate surface area is 138 Å². The molecule has 2 heterocycles. The van der Waals surface area contributed by atoms with Crippen molar-refractivity contribution in [3.8, 4) is 0 Å². The molecule has 1 fully saturated rings. The first-order valence-corrected chi connectivity index (χ1v) is 8.63. The topological polar surface area (TPSA) is 53.9 Å². The highest BCUT2D eigenvalue weighted by molar-refractivity contribution is 5.60. The molecule has 1 unspecified atom stereocenters. The maximum Gasteiger partial charge on any atom is 0.247 e. The number of hydrogen-bond donors (Lipinski definition) is 1. The minimum Gasteiger partial charge on any atom is -0.339 e. The molecule has 1 aliphatic rings. The zero-order valence-electron chi connectivity index (χ0n) is 14.0. The molecule has 1 aliphatic heterocycles. The highest BCUT2D eigenvalue weighted by atomic mass is 15.3. The van der Waals surface area contributed by atoms with Gasteiger partial charge in [-0.05, 0) is 43.7 Å². The van der Waals surface area contributed by atoms with Crippen LogP contribution in [0.5, 0.6) is 0 Å². The van der Waals surface area contributed by atoms with Crippen molar-refractivity contribution in [3.63, 3.8) is 0 Å². The molecule has 5 heteroatoms. The Balaban J connectivity index is 1.82. The van der Waals surface area contributed by atoms with Crippen LogP contribution in [-0.2, 0) is 6.42 Å². The lowest BCUT2D eigenvalue weighted by Gasteiger charge is -2.34. The Hall–Kier alpha value is -2.17. The zero-order chi connectivity index (χ0) is 16.1. The van der Waals surface area contributed by atoms with Gasteiger partial charge in [0.15, 0.2) is 5.82 Å². The first-order valence-electron chi connectivity index (χ1n) is 8.63. The minimum absolute atomic E-state index is 0.531. The largest absolute Gasteiger partial charge is 0.339 e. The van der Waals surface area contributed by atoms with Gasteiger partial charge in [-0.2, -0.15) is 10.1 Å². The number of hydrogen-bond acceptors (Lipinski definition) is 5. The normalized spacial score (nSPS) is 18.0. The first-order chi connectivity index (χ1) is 11.3. The van der Waals surface area contributed by atoms with Gasteiger partial charge in [-0.3, -0.25) is 0 Å². The average molecular weight is 311 g/mol. The van der Waals surface area contributed by atoms with Crippen molar-refractivity contribution in [2.24, 2.45) is 0 Å². The maximum atomic E-state index is 4.71. The lowest BCUT2D eigenvalue weighted by atomic mass is 10.0. The quantitative estimate of drug-likeness (QED) is 0.906. The van der Waals surface area contributed by atoms with Gasteiger partial charge in [0.05, 0.1) is 6.20 Å². The summed E-state index contributed by atoms with van der Waals surface area (Å²) in [7, 11) is 0. The van der Waals surface area contributed by atoms with Crippen molar-refractivity contribution in [1.82, 2.24) is 15.2 Å². The van der Waals surface area contributed by atoms with Gasteiger partial charge in [0.2, 0.25) is 5.95 Å². The lowest BCUT2D eigenvalue weighted by molar-refractivity contribution is 0.442. The van der Waals surface area contributed by atoms with Crippen LogP contribution in [-0.4, -0.2) is 27.8 Å². The van der Waals surface area contributed by atoms with Crippen molar-refractivity contribution >= 4 is 17.5 Å². The van der Waals surface area contributed by atoms with Crippen LogP contribution in [0.2, 0.25) is 0 Å². The molecule has 0 amide bonds. The van der Waals surface area contributed by atoms with Crippen LogP contribution in [0.25, 0.3) is 0 Å². The van der Waals surface area contributed by atoms with Gasteiger partial charge < -0.3 is 10.2 Å². The first kappa shape index (κ1) is 15.7. The molecule has 1 aromatic heterocycles. The molecule has 1 atom stereocenters. The van der Waals surface area contributed by atoms with Crippen LogP contribution in [0, 0.1) is 0 Å². The van der Waals surface area contributed by atoms with E-state index >= 15 is 0 Å². The molecule has 1 aromatic carbocycles. The number of benzene rings is 1. The maximum absolute atomic E-state index is 4.71. The minimum atomic E-state index is 0.531. The summed E-state index contributed by atoms with van der Waals surface area (Å²) in [6, 6.07) is 8.84. The Bertz CT molecular complexity index is 643. The molecule has 0 aliphatic carbocycles. The molecular formula is C18H25N5. The van der Waals surface area contributed by atoms with Gasteiger partial charge in [0, 0.05) is 18.3 Å². The van der Waals surface area contributed by atoms with E-state index in [0.717, 1.165) is 36.8 Å². The fourth-order valence-electron chi connectivity index (χ4n) is 3.25. The second-order valence-electron chi connectivity index (χ2n) is 6.03. The van der Waals surface area contributed by atoms with E-state index in [1.807, 2.05) is 6.07 Å². The van der Waals surface area contributed by atoms with Gasteiger partial charge in [-0.25, -0.2) is 0 Å². The van der Waals surface area contributed by atoms with Gasteiger partial charge >= 0.3 is 0 Å². The number of piperidine rings is 1. The number of para-hydroxylation sites is 1. The molecule has 0 bridgehead atoms. The Morgan fingerprint density at radius 1 is 1.22 bits per heavy atom. The van der Waals surface area contributed by atoms with Crippen molar-refractivity contribution in [2.45, 2.75) is 52.0 Å². The van der Waals surface area contributed by atoms with Gasteiger partial charge in [-0.15, -0.1) is 5.10 Å². The summed E-state index contributed by atoms with van der Waals surface area (Å²) in [6.07, 6.45) is 7.52. The van der Waals surface area contributed by atoms with Crippen LogP contribution in [0.4, 0.5) is 17.5 Å². The highest BCUT2D eigenvalue weighted by Crippen LogP contribution is 2.25. The zero-order valence-corrected chi connectivity index (χ0v) is 14.0. The van der Waals surface area contributed by atoms with Crippen LogP contribution in [0.3, 0.4) is 0 Å². The summed E-state index contributed by atoms with van der Waals surface area (Å²) in [5, 5.41) is 11.8. The van der Waals surface area contributed by atoms with Crippen LogP contribution < -0.4 is 10.2 Å². The lowest BCUT2D eigenvalue weighted by Crippen LogP contribution is -2.40. The fourth-order valence-corrected chi connectivity index (χ4v) is 3.25. The van der Waals surface area contributed by atoms with Gasteiger partial charge in [-0.1, -0.05) is 32.0 Å². The molecule has 23 heavy (non-hydrogen) atoms. The summed E-state index contributed by atoms with van der Waals surface area (Å²) >= 11 is 0. The molecule has 3 rings (SSSR count). The summed E-state index contributed by atoms with van der Waals surface area (Å²) in [4.78, 5) is 7.02.